The molecule has 4 aliphatic rings. The second-order valence-corrected chi connectivity index (χ2v) is 17.5. The molecule has 0 N–H and O–H groups in total. The second-order valence-electron chi connectivity index (χ2n) is 17.5. The zero-order valence-corrected chi connectivity index (χ0v) is 36.2. The molecular weight excluding hydrogens is 795 g/mol. The van der Waals surface area contributed by atoms with Gasteiger partial charge in [0.2, 0.25) is 0 Å². The molecule has 4 heteroatoms. The first-order valence-electron chi connectivity index (χ1n) is 22.9. The SMILES string of the molecule is C1=CC(Oc2cccc(-c3ccc(N(c4ccc(-c5cccc(Oc6ccc7c(c6)CC7)c5)cc4)c4ccc(-c5cccc(Oc6ccc7c(c6)CC7)c5)cc4)cc3)c2)=CC2=C(C1)CC2. The number of benzene rings is 8. The predicted molar refractivity (Wildman–Crippen MR) is 264 cm³/mol. The molecule has 4 nitrogen and oxygen atoms in total. The van der Waals surface area contributed by atoms with E-state index in [2.05, 4.69) is 187 Å². The van der Waals surface area contributed by atoms with E-state index in [1.807, 2.05) is 18.2 Å². The minimum atomic E-state index is 0.831. The summed E-state index contributed by atoms with van der Waals surface area (Å²) in [5, 5.41) is 0. The van der Waals surface area contributed by atoms with Crippen molar-refractivity contribution >= 4 is 17.1 Å². The van der Waals surface area contributed by atoms with Crippen LogP contribution in [-0.2, 0) is 25.7 Å². The number of rotatable bonds is 12. The highest BCUT2D eigenvalue weighted by Crippen LogP contribution is 2.40. The Balaban J connectivity index is 0.830. The zero-order valence-electron chi connectivity index (χ0n) is 36.2. The van der Waals surface area contributed by atoms with Gasteiger partial charge in [-0.25, -0.2) is 0 Å². The predicted octanol–water partition coefficient (Wildman–Crippen LogP) is 16.3. The normalized spacial score (nSPS) is 14.3. The van der Waals surface area contributed by atoms with Gasteiger partial charge in [-0.1, -0.05) is 96.6 Å². The number of hydrogen-bond acceptors (Lipinski definition) is 4. The molecule has 12 rings (SSSR count). The molecule has 0 unspecified atom stereocenters. The van der Waals surface area contributed by atoms with Crippen molar-refractivity contribution in [1.82, 2.24) is 0 Å². The van der Waals surface area contributed by atoms with Gasteiger partial charge < -0.3 is 19.1 Å². The molecule has 0 saturated heterocycles. The summed E-state index contributed by atoms with van der Waals surface area (Å²) < 4.78 is 19.1. The number of fused-ring (bicyclic) bond motifs is 2. The standard InChI is InChI=1S/C61H47NO3/c1-5-41-13-16-50(41)38-59(9-1)63-56-10-2-6-47(35-56)44-19-27-53(28-20-44)62(54-29-21-45(22-30-54)48-7-3-11-57(36-48)64-60-33-25-42-14-17-51(42)39-60)55-31-23-46(24-32-55)49-8-4-12-58(37-49)65-61-34-26-43-15-18-52(43)40-61/h1-4,6-12,19-40H,5,13-18H2. The van der Waals surface area contributed by atoms with Crippen LogP contribution in [-0.4, -0.2) is 0 Å². The summed E-state index contributed by atoms with van der Waals surface area (Å²) in [6.45, 7) is 0. The lowest BCUT2D eigenvalue weighted by molar-refractivity contribution is 0.444. The van der Waals surface area contributed by atoms with E-state index in [0.29, 0.717) is 0 Å². The van der Waals surface area contributed by atoms with E-state index in [4.69, 9.17) is 14.2 Å². The molecule has 65 heavy (non-hydrogen) atoms. The van der Waals surface area contributed by atoms with Crippen molar-refractivity contribution in [2.75, 3.05) is 4.90 Å². The maximum Gasteiger partial charge on any atom is 0.128 e. The first kappa shape index (κ1) is 38.8. The molecule has 0 bridgehead atoms. The molecule has 0 heterocycles. The van der Waals surface area contributed by atoms with Crippen LogP contribution < -0.4 is 19.1 Å². The van der Waals surface area contributed by atoms with E-state index in [0.717, 1.165) is 123 Å². The van der Waals surface area contributed by atoms with Crippen LogP contribution in [0.15, 0.2) is 217 Å². The molecule has 0 aliphatic heterocycles. The third kappa shape index (κ3) is 8.04. The monoisotopic (exact) mass is 841 g/mol. The van der Waals surface area contributed by atoms with Gasteiger partial charge in [0.15, 0.2) is 0 Å². The van der Waals surface area contributed by atoms with Crippen LogP contribution in [0.25, 0.3) is 33.4 Å². The van der Waals surface area contributed by atoms with Crippen molar-refractivity contribution in [1.29, 1.82) is 0 Å². The Hall–Kier alpha value is -7.82. The summed E-state index contributed by atoms with van der Waals surface area (Å²) in [6.07, 6.45) is 14.5. The summed E-state index contributed by atoms with van der Waals surface area (Å²) in [5.74, 6) is 5.18. The van der Waals surface area contributed by atoms with Crippen LogP contribution >= 0.6 is 0 Å². The Kier molecular flexibility index (Phi) is 9.98. The smallest absolute Gasteiger partial charge is 0.128 e. The average molecular weight is 842 g/mol. The lowest BCUT2D eigenvalue weighted by atomic mass is 9.87. The molecule has 4 aliphatic carbocycles. The summed E-state index contributed by atoms with van der Waals surface area (Å²) in [4.78, 5) is 2.32. The molecule has 0 aromatic heterocycles. The highest BCUT2D eigenvalue weighted by atomic mass is 16.5. The number of allylic oxidation sites excluding steroid dienone is 5. The maximum absolute atomic E-state index is 6.42. The summed E-state index contributed by atoms with van der Waals surface area (Å²) in [7, 11) is 0. The van der Waals surface area contributed by atoms with Crippen molar-refractivity contribution in [3.8, 4) is 62.1 Å². The number of aryl methyl sites for hydroxylation is 4. The Morgan fingerprint density at radius 2 is 0.769 bits per heavy atom. The van der Waals surface area contributed by atoms with Gasteiger partial charge in [0.05, 0.1) is 0 Å². The number of anilines is 3. The van der Waals surface area contributed by atoms with E-state index in [1.165, 1.54) is 39.8 Å². The van der Waals surface area contributed by atoms with Crippen LogP contribution in [0.5, 0.6) is 28.7 Å². The first-order valence-corrected chi connectivity index (χ1v) is 22.9. The third-order valence-electron chi connectivity index (χ3n) is 13.4. The fourth-order valence-electron chi connectivity index (χ4n) is 9.41. The Labute approximate surface area is 381 Å². The van der Waals surface area contributed by atoms with Crippen LogP contribution in [0.2, 0.25) is 0 Å². The fourth-order valence-corrected chi connectivity index (χ4v) is 9.41. The molecule has 0 saturated carbocycles. The Morgan fingerprint density at radius 3 is 1.17 bits per heavy atom. The van der Waals surface area contributed by atoms with Gasteiger partial charge in [-0.05, 0) is 215 Å². The van der Waals surface area contributed by atoms with Gasteiger partial charge in [0.25, 0.3) is 0 Å². The summed E-state index contributed by atoms with van der Waals surface area (Å²) in [5.41, 5.74) is 18.5. The largest absolute Gasteiger partial charge is 0.457 e. The highest BCUT2D eigenvalue weighted by Gasteiger charge is 2.19. The van der Waals surface area contributed by atoms with Crippen LogP contribution in [0.1, 0.15) is 41.5 Å². The zero-order chi connectivity index (χ0) is 43.1. The molecule has 8 aromatic rings. The minimum absolute atomic E-state index is 0.831. The van der Waals surface area contributed by atoms with Gasteiger partial charge in [-0.2, -0.15) is 0 Å². The average Bonchev–Trinajstić information content (AvgIpc) is 3.45. The summed E-state index contributed by atoms with van der Waals surface area (Å²) >= 11 is 0. The van der Waals surface area contributed by atoms with Crippen LogP contribution in [0.3, 0.4) is 0 Å². The van der Waals surface area contributed by atoms with E-state index in [-0.39, 0.29) is 0 Å². The van der Waals surface area contributed by atoms with Crippen molar-refractivity contribution in [2.45, 2.75) is 44.9 Å². The van der Waals surface area contributed by atoms with Crippen molar-refractivity contribution in [2.24, 2.45) is 0 Å². The number of nitrogens with zero attached hydrogens (tertiary/aromatic N) is 1. The summed E-state index contributed by atoms with van der Waals surface area (Å²) in [6, 6.07) is 64.5. The van der Waals surface area contributed by atoms with Crippen molar-refractivity contribution in [3.05, 3.63) is 239 Å². The molecule has 8 aromatic carbocycles. The molecule has 0 atom stereocenters. The van der Waals surface area contributed by atoms with Crippen LogP contribution in [0.4, 0.5) is 17.1 Å². The number of ether oxygens (including phenoxy) is 3. The molecular formula is C61H47NO3. The Morgan fingerprint density at radius 1 is 0.338 bits per heavy atom. The van der Waals surface area contributed by atoms with Gasteiger partial charge in [-0.3, -0.25) is 0 Å². The van der Waals surface area contributed by atoms with E-state index in [9.17, 15) is 0 Å². The molecule has 0 spiro atoms. The molecule has 314 valence electrons. The Bertz CT molecular complexity index is 3050. The highest BCUT2D eigenvalue weighted by molar-refractivity contribution is 5.81. The first-order chi connectivity index (χ1) is 32.1. The molecule has 0 amide bonds. The van der Waals surface area contributed by atoms with E-state index < -0.39 is 0 Å². The van der Waals surface area contributed by atoms with Crippen molar-refractivity contribution < 1.29 is 14.2 Å². The van der Waals surface area contributed by atoms with E-state index in [1.54, 1.807) is 0 Å². The molecule has 0 fully saturated rings. The third-order valence-corrected chi connectivity index (χ3v) is 13.4. The van der Waals surface area contributed by atoms with E-state index >= 15 is 0 Å². The maximum atomic E-state index is 6.42. The fraction of sp³-hybridized carbons (Fsp3) is 0.115. The number of hydrogen-bond donors (Lipinski definition) is 0. The lowest BCUT2D eigenvalue weighted by Gasteiger charge is -2.26. The second kappa shape index (κ2) is 16.7. The van der Waals surface area contributed by atoms with Crippen molar-refractivity contribution in [3.63, 3.8) is 0 Å². The van der Waals surface area contributed by atoms with Gasteiger partial charge in [-0.15, -0.1) is 0 Å². The minimum Gasteiger partial charge on any atom is -0.457 e. The van der Waals surface area contributed by atoms with Crippen LogP contribution in [0, 0.1) is 0 Å². The van der Waals surface area contributed by atoms with Gasteiger partial charge in [0, 0.05) is 17.1 Å². The quantitative estimate of drug-likeness (QED) is 0.123. The van der Waals surface area contributed by atoms with Gasteiger partial charge in [0.1, 0.15) is 34.5 Å². The molecule has 0 radical (unpaired) electrons. The topological polar surface area (TPSA) is 30.9 Å². The lowest BCUT2D eigenvalue weighted by Crippen LogP contribution is -2.09. The van der Waals surface area contributed by atoms with Gasteiger partial charge >= 0.3 is 0 Å².